The number of nitrogens with zero attached hydrogens (tertiary/aromatic N) is 1. The lowest BCUT2D eigenvalue weighted by Crippen LogP contribution is -2.09. The van der Waals surface area contributed by atoms with Crippen LogP contribution in [0.4, 0.5) is 0 Å². The Morgan fingerprint density at radius 2 is 2.43 bits per heavy atom. The van der Waals surface area contributed by atoms with Gasteiger partial charge in [0.1, 0.15) is 0 Å². The maximum atomic E-state index is 4.54. The van der Waals surface area contributed by atoms with Crippen LogP contribution >= 0.6 is 12.2 Å². The third-order valence-corrected chi connectivity index (χ3v) is 0.616. The Balaban J connectivity index is 3.36. The Kier molecular flexibility index (Phi) is 3.14. The Hall–Kier alpha value is -0.700. The largest absolute Gasteiger partial charge is 0.338 e. The molecule has 0 radical (unpaired) electrons. The summed E-state index contributed by atoms with van der Waals surface area (Å²) in [6.07, 6.45) is 1.46. The molecule has 0 aromatic rings. The zero-order valence-corrected chi connectivity index (χ0v) is 4.66. The summed E-state index contributed by atoms with van der Waals surface area (Å²) in [5.41, 5.74) is 0. The average molecular weight is 114 g/mol. The molecule has 0 amide bonds. The third-order valence-electron chi connectivity index (χ3n) is 0.369. The molecule has 3 heteroatoms. The van der Waals surface area contributed by atoms with E-state index < -0.39 is 0 Å². The zero-order valence-electron chi connectivity index (χ0n) is 3.85. The van der Waals surface area contributed by atoms with Gasteiger partial charge in [0.25, 0.3) is 0 Å². The minimum atomic E-state index is 0.356. The minimum absolute atomic E-state index is 0.356. The number of thiocarbonyl (C=S) groups is 1. The maximum absolute atomic E-state index is 4.54. The molecular weight excluding hydrogens is 108 g/mol. The molecular formula is C4H6N2S. The van der Waals surface area contributed by atoms with Crippen LogP contribution in [-0.2, 0) is 0 Å². The van der Waals surface area contributed by atoms with Gasteiger partial charge in [-0.1, -0.05) is 6.58 Å². The number of hydrogen-bond donors (Lipinski definition) is 1. The van der Waals surface area contributed by atoms with Crippen LogP contribution in [0.2, 0.25) is 0 Å². The molecule has 0 saturated heterocycles. The van der Waals surface area contributed by atoms with Crippen molar-refractivity contribution in [1.82, 2.24) is 5.32 Å². The van der Waals surface area contributed by atoms with Gasteiger partial charge in [-0.2, -0.15) is 0 Å². The second-order valence-electron chi connectivity index (χ2n) is 0.812. The minimum Gasteiger partial charge on any atom is -0.338 e. The van der Waals surface area contributed by atoms with Crippen LogP contribution in [0.15, 0.2) is 17.8 Å². The van der Waals surface area contributed by atoms with E-state index in [1.807, 2.05) is 0 Å². The van der Waals surface area contributed by atoms with Gasteiger partial charge < -0.3 is 5.32 Å². The molecule has 0 rings (SSSR count). The molecule has 0 aliphatic carbocycles. The Morgan fingerprint density at radius 1 is 1.86 bits per heavy atom. The summed E-state index contributed by atoms with van der Waals surface area (Å²) in [6.45, 7) is 6.54. The molecule has 0 bridgehead atoms. The topological polar surface area (TPSA) is 24.4 Å². The Morgan fingerprint density at radius 3 is 2.57 bits per heavy atom. The first-order valence-corrected chi connectivity index (χ1v) is 2.10. The van der Waals surface area contributed by atoms with E-state index in [0.717, 1.165) is 0 Å². The fourth-order valence-corrected chi connectivity index (χ4v) is 0.216. The first kappa shape index (κ1) is 6.30. The Bertz CT molecular complexity index is 97.9. The highest BCUT2D eigenvalue weighted by atomic mass is 32.1. The van der Waals surface area contributed by atoms with Gasteiger partial charge in [0.15, 0.2) is 5.11 Å². The summed E-state index contributed by atoms with van der Waals surface area (Å²) in [6, 6.07) is 0. The van der Waals surface area contributed by atoms with E-state index in [-0.39, 0.29) is 0 Å². The van der Waals surface area contributed by atoms with Crippen LogP contribution in [0, 0.1) is 0 Å². The van der Waals surface area contributed by atoms with Crippen LogP contribution in [0.25, 0.3) is 0 Å². The number of nitrogens with one attached hydrogen (secondary N) is 1. The van der Waals surface area contributed by atoms with E-state index >= 15 is 0 Å². The summed E-state index contributed by atoms with van der Waals surface area (Å²) in [5.74, 6) is 0. The molecule has 0 spiro atoms. The predicted octanol–water partition coefficient (Wildman–Crippen LogP) is 0.705. The molecule has 1 N–H and O–H groups in total. The van der Waals surface area contributed by atoms with Crippen molar-refractivity contribution < 1.29 is 0 Å². The monoisotopic (exact) mass is 114 g/mol. The normalized spacial score (nSPS) is 6.86. The van der Waals surface area contributed by atoms with Crippen LogP contribution in [0.3, 0.4) is 0 Å². The van der Waals surface area contributed by atoms with Crippen LogP contribution in [0.1, 0.15) is 0 Å². The van der Waals surface area contributed by atoms with E-state index in [4.69, 9.17) is 0 Å². The van der Waals surface area contributed by atoms with Crippen LogP contribution < -0.4 is 5.32 Å². The molecule has 0 atom stereocenters. The van der Waals surface area contributed by atoms with E-state index in [9.17, 15) is 0 Å². The van der Waals surface area contributed by atoms with Crippen molar-refractivity contribution in [2.24, 2.45) is 4.99 Å². The molecule has 38 valence electrons. The third kappa shape index (κ3) is 3.12. The van der Waals surface area contributed by atoms with Gasteiger partial charge in [-0.3, -0.25) is 0 Å². The fourth-order valence-electron chi connectivity index (χ4n) is 0.133. The summed E-state index contributed by atoms with van der Waals surface area (Å²) in [7, 11) is 0. The second-order valence-corrected chi connectivity index (χ2v) is 1.20. The van der Waals surface area contributed by atoms with Crippen molar-refractivity contribution in [3.05, 3.63) is 12.8 Å². The van der Waals surface area contributed by atoms with Crippen molar-refractivity contribution in [3.8, 4) is 0 Å². The standard InChI is InChI=1S/C4H6N2S/c1-3-6-4(7)5-2/h3H,1-2H2,(H,6,7). The number of hydrogen-bond acceptors (Lipinski definition) is 1. The molecule has 0 unspecified atom stereocenters. The van der Waals surface area contributed by atoms with Gasteiger partial charge in [0.05, 0.1) is 0 Å². The van der Waals surface area contributed by atoms with Crippen LogP contribution in [0.5, 0.6) is 0 Å². The molecule has 2 nitrogen and oxygen atoms in total. The summed E-state index contributed by atoms with van der Waals surface area (Å²) in [5, 5.41) is 2.92. The predicted molar refractivity (Wildman–Crippen MR) is 35.5 cm³/mol. The molecule has 0 aliphatic heterocycles. The first-order valence-electron chi connectivity index (χ1n) is 1.69. The summed E-state index contributed by atoms with van der Waals surface area (Å²) in [4.78, 5) is 3.38. The molecule has 0 heterocycles. The SMILES string of the molecule is C=CNC(=S)N=C. The van der Waals surface area contributed by atoms with Gasteiger partial charge >= 0.3 is 0 Å². The van der Waals surface area contributed by atoms with E-state index in [1.54, 1.807) is 0 Å². The van der Waals surface area contributed by atoms with Crippen molar-refractivity contribution in [1.29, 1.82) is 0 Å². The molecule has 0 fully saturated rings. The molecule has 0 aliphatic rings. The van der Waals surface area contributed by atoms with Gasteiger partial charge in [-0.05, 0) is 25.1 Å². The lowest BCUT2D eigenvalue weighted by Gasteiger charge is -1.88. The van der Waals surface area contributed by atoms with Gasteiger partial charge in [0, 0.05) is 0 Å². The maximum Gasteiger partial charge on any atom is 0.196 e. The van der Waals surface area contributed by atoms with Crippen molar-refractivity contribution in [2.45, 2.75) is 0 Å². The van der Waals surface area contributed by atoms with Gasteiger partial charge in [0.2, 0.25) is 0 Å². The highest BCUT2D eigenvalue weighted by Gasteiger charge is 1.76. The highest BCUT2D eigenvalue weighted by Crippen LogP contribution is 1.67. The van der Waals surface area contributed by atoms with E-state index in [2.05, 4.69) is 35.8 Å². The first-order chi connectivity index (χ1) is 3.31. The van der Waals surface area contributed by atoms with Crippen LogP contribution in [-0.4, -0.2) is 11.8 Å². The quantitative estimate of drug-likeness (QED) is 0.401. The second kappa shape index (κ2) is 3.49. The zero-order chi connectivity index (χ0) is 5.70. The Labute approximate surface area is 47.9 Å². The molecule has 0 aromatic carbocycles. The lowest BCUT2D eigenvalue weighted by atomic mass is 10.9. The number of aliphatic imine (C=N–C) groups is 1. The molecule has 0 aromatic heterocycles. The van der Waals surface area contributed by atoms with Gasteiger partial charge in [-0.15, -0.1) is 0 Å². The lowest BCUT2D eigenvalue weighted by molar-refractivity contribution is 1.29. The summed E-state index contributed by atoms with van der Waals surface area (Å²) >= 11 is 4.54. The average Bonchev–Trinajstić information content (AvgIpc) is 1.68. The highest BCUT2D eigenvalue weighted by molar-refractivity contribution is 7.80. The molecule has 0 saturated carbocycles. The smallest absolute Gasteiger partial charge is 0.196 e. The van der Waals surface area contributed by atoms with E-state index in [0.29, 0.717) is 5.11 Å². The number of rotatable bonds is 1. The van der Waals surface area contributed by atoms with Crippen molar-refractivity contribution >= 4 is 24.0 Å². The van der Waals surface area contributed by atoms with E-state index in [1.165, 1.54) is 6.20 Å². The van der Waals surface area contributed by atoms with Crippen molar-refractivity contribution in [3.63, 3.8) is 0 Å². The fraction of sp³-hybridized carbons (Fsp3) is 0. The van der Waals surface area contributed by atoms with Crippen molar-refractivity contribution in [2.75, 3.05) is 0 Å². The van der Waals surface area contributed by atoms with Gasteiger partial charge in [-0.25, -0.2) is 4.99 Å². The molecule has 7 heavy (non-hydrogen) atoms. The summed E-state index contributed by atoms with van der Waals surface area (Å²) < 4.78 is 0.